The monoisotopic (exact) mass is 267 g/mol. The smallest absolute Gasteiger partial charge is 0.0963 e. The van der Waals surface area contributed by atoms with Crippen LogP contribution in [0.1, 0.15) is 48.2 Å². The van der Waals surface area contributed by atoms with Gasteiger partial charge in [-0.1, -0.05) is 0 Å². The van der Waals surface area contributed by atoms with E-state index in [0.717, 1.165) is 0 Å². The van der Waals surface area contributed by atoms with Crippen molar-refractivity contribution in [3.05, 3.63) is 15.6 Å². The van der Waals surface area contributed by atoms with Gasteiger partial charge in [0.2, 0.25) is 0 Å². The summed E-state index contributed by atoms with van der Waals surface area (Å²) < 4.78 is 0. The third-order valence-electron chi connectivity index (χ3n) is 4.07. The van der Waals surface area contributed by atoms with E-state index >= 15 is 0 Å². The molecule has 1 aromatic heterocycles. The van der Waals surface area contributed by atoms with Crippen molar-refractivity contribution < 1.29 is 0 Å². The maximum atomic E-state index is 4.83. The molecule has 1 fully saturated rings. The SMILES string of the molecule is CNC(C)(C)c1sc(C2CCN(C)CC2)nc1C. The van der Waals surface area contributed by atoms with Gasteiger partial charge in [-0.05, 0) is 60.8 Å². The second-order valence-corrected chi connectivity index (χ2v) is 6.95. The lowest BCUT2D eigenvalue weighted by molar-refractivity contribution is 0.255. The van der Waals surface area contributed by atoms with Crippen molar-refractivity contribution in [2.24, 2.45) is 0 Å². The standard InChI is InChI=1S/C14H25N3S/c1-10-12(14(2,3)15-4)18-13(16-10)11-6-8-17(5)9-7-11/h11,15H,6-9H2,1-5H3. The van der Waals surface area contributed by atoms with Crippen LogP contribution >= 0.6 is 11.3 Å². The number of nitrogens with zero attached hydrogens (tertiary/aromatic N) is 2. The van der Waals surface area contributed by atoms with Crippen LogP contribution in [0.2, 0.25) is 0 Å². The number of piperidine rings is 1. The highest BCUT2D eigenvalue weighted by Gasteiger charge is 2.27. The first-order valence-electron chi connectivity index (χ1n) is 6.79. The van der Waals surface area contributed by atoms with Gasteiger partial charge in [-0.3, -0.25) is 0 Å². The van der Waals surface area contributed by atoms with Crippen molar-refractivity contribution in [2.75, 3.05) is 27.2 Å². The molecule has 2 heterocycles. The summed E-state index contributed by atoms with van der Waals surface area (Å²) in [6.45, 7) is 9.00. The van der Waals surface area contributed by atoms with E-state index in [4.69, 9.17) is 4.98 Å². The normalized spacial score (nSPS) is 19.4. The third kappa shape index (κ3) is 2.76. The molecule has 102 valence electrons. The highest BCUT2D eigenvalue weighted by Crippen LogP contribution is 2.36. The zero-order valence-electron chi connectivity index (χ0n) is 12.2. The summed E-state index contributed by atoms with van der Waals surface area (Å²) in [5, 5.41) is 4.73. The number of rotatable bonds is 3. The minimum Gasteiger partial charge on any atom is -0.310 e. The van der Waals surface area contributed by atoms with E-state index in [1.54, 1.807) is 0 Å². The van der Waals surface area contributed by atoms with Crippen molar-refractivity contribution in [2.45, 2.75) is 45.1 Å². The van der Waals surface area contributed by atoms with Crippen LogP contribution in [0.15, 0.2) is 0 Å². The number of aromatic nitrogens is 1. The molecule has 0 spiro atoms. The Bertz CT molecular complexity index is 403. The van der Waals surface area contributed by atoms with Gasteiger partial charge in [0.15, 0.2) is 0 Å². The Morgan fingerprint density at radius 2 is 1.94 bits per heavy atom. The second kappa shape index (κ2) is 5.27. The van der Waals surface area contributed by atoms with Gasteiger partial charge in [0.05, 0.1) is 10.7 Å². The van der Waals surface area contributed by atoms with Gasteiger partial charge in [-0.2, -0.15) is 0 Å². The van der Waals surface area contributed by atoms with Crippen molar-refractivity contribution in [1.82, 2.24) is 15.2 Å². The molecule has 0 aromatic carbocycles. The molecule has 0 saturated carbocycles. The molecule has 1 aromatic rings. The van der Waals surface area contributed by atoms with Gasteiger partial charge in [-0.15, -0.1) is 11.3 Å². The Kier molecular flexibility index (Phi) is 4.09. The highest BCUT2D eigenvalue weighted by atomic mass is 32.1. The van der Waals surface area contributed by atoms with E-state index in [0.29, 0.717) is 5.92 Å². The van der Waals surface area contributed by atoms with Crippen LogP contribution in [-0.2, 0) is 5.54 Å². The van der Waals surface area contributed by atoms with Crippen molar-refractivity contribution >= 4 is 11.3 Å². The van der Waals surface area contributed by atoms with Crippen LogP contribution in [0, 0.1) is 6.92 Å². The van der Waals surface area contributed by atoms with E-state index in [1.807, 2.05) is 18.4 Å². The second-order valence-electron chi connectivity index (χ2n) is 5.92. The van der Waals surface area contributed by atoms with Crippen LogP contribution in [-0.4, -0.2) is 37.1 Å². The largest absolute Gasteiger partial charge is 0.310 e. The van der Waals surface area contributed by atoms with Crippen LogP contribution in [0.25, 0.3) is 0 Å². The third-order valence-corrected chi connectivity index (χ3v) is 5.72. The summed E-state index contributed by atoms with van der Waals surface area (Å²) in [5.41, 5.74) is 1.24. The zero-order valence-corrected chi connectivity index (χ0v) is 13.0. The molecule has 0 atom stereocenters. The van der Waals surface area contributed by atoms with E-state index < -0.39 is 0 Å². The fourth-order valence-electron chi connectivity index (χ4n) is 2.54. The lowest BCUT2D eigenvalue weighted by atomic mass is 9.98. The summed E-state index contributed by atoms with van der Waals surface area (Å²) in [4.78, 5) is 8.63. The Labute approximate surface area is 115 Å². The molecule has 1 N–H and O–H groups in total. The fraction of sp³-hybridized carbons (Fsp3) is 0.786. The average Bonchev–Trinajstić information content (AvgIpc) is 2.73. The molecular weight excluding hydrogens is 242 g/mol. The first-order chi connectivity index (χ1) is 8.44. The van der Waals surface area contributed by atoms with Crippen LogP contribution in [0.3, 0.4) is 0 Å². The summed E-state index contributed by atoms with van der Waals surface area (Å²) in [6.07, 6.45) is 2.51. The maximum Gasteiger partial charge on any atom is 0.0963 e. The predicted molar refractivity (Wildman–Crippen MR) is 78.4 cm³/mol. The van der Waals surface area contributed by atoms with Crippen LogP contribution in [0.4, 0.5) is 0 Å². The molecule has 0 aliphatic carbocycles. The Hall–Kier alpha value is -0.450. The van der Waals surface area contributed by atoms with Gasteiger partial charge in [-0.25, -0.2) is 4.98 Å². The highest BCUT2D eigenvalue weighted by molar-refractivity contribution is 7.12. The van der Waals surface area contributed by atoms with E-state index in [1.165, 1.54) is 41.5 Å². The average molecular weight is 267 g/mol. The summed E-state index contributed by atoms with van der Waals surface area (Å²) >= 11 is 1.91. The minimum atomic E-state index is 0.0332. The number of thiazole rings is 1. The lowest BCUT2D eigenvalue weighted by Crippen LogP contribution is -2.32. The molecule has 0 radical (unpaired) electrons. The molecule has 1 saturated heterocycles. The van der Waals surface area contributed by atoms with Crippen LogP contribution in [0.5, 0.6) is 0 Å². The first-order valence-corrected chi connectivity index (χ1v) is 7.61. The van der Waals surface area contributed by atoms with Gasteiger partial charge in [0, 0.05) is 16.3 Å². The maximum absolute atomic E-state index is 4.83. The quantitative estimate of drug-likeness (QED) is 0.912. The van der Waals surface area contributed by atoms with E-state index in [2.05, 4.69) is 38.0 Å². The van der Waals surface area contributed by atoms with Gasteiger partial charge >= 0.3 is 0 Å². The minimum absolute atomic E-state index is 0.0332. The van der Waals surface area contributed by atoms with E-state index in [-0.39, 0.29) is 5.54 Å². The summed E-state index contributed by atoms with van der Waals surface area (Å²) in [7, 11) is 4.23. The van der Waals surface area contributed by atoms with Crippen molar-refractivity contribution in [3.8, 4) is 0 Å². The molecule has 1 aliphatic heterocycles. The molecule has 4 heteroatoms. The molecule has 2 rings (SSSR count). The Morgan fingerprint density at radius 3 is 2.50 bits per heavy atom. The van der Waals surface area contributed by atoms with Gasteiger partial charge < -0.3 is 10.2 Å². The van der Waals surface area contributed by atoms with Gasteiger partial charge in [0.1, 0.15) is 0 Å². The van der Waals surface area contributed by atoms with E-state index in [9.17, 15) is 0 Å². The molecule has 0 amide bonds. The van der Waals surface area contributed by atoms with Gasteiger partial charge in [0.25, 0.3) is 0 Å². The Balaban J connectivity index is 2.19. The Morgan fingerprint density at radius 1 is 1.33 bits per heavy atom. The van der Waals surface area contributed by atoms with Crippen molar-refractivity contribution in [1.29, 1.82) is 0 Å². The number of nitrogens with one attached hydrogen (secondary N) is 1. The van der Waals surface area contributed by atoms with Crippen LogP contribution < -0.4 is 5.32 Å². The molecule has 0 bridgehead atoms. The molecule has 3 nitrogen and oxygen atoms in total. The summed E-state index contributed by atoms with van der Waals surface area (Å²) in [5.74, 6) is 0.673. The number of hydrogen-bond donors (Lipinski definition) is 1. The summed E-state index contributed by atoms with van der Waals surface area (Å²) in [6, 6.07) is 0. The molecule has 18 heavy (non-hydrogen) atoms. The molecule has 0 unspecified atom stereocenters. The number of likely N-dealkylation sites (tertiary alicyclic amines) is 1. The predicted octanol–water partition coefficient (Wildman–Crippen LogP) is 2.72. The number of hydrogen-bond acceptors (Lipinski definition) is 4. The topological polar surface area (TPSA) is 28.2 Å². The molecule has 1 aliphatic rings. The first kappa shape index (κ1) is 14.0. The van der Waals surface area contributed by atoms with Crippen molar-refractivity contribution in [3.63, 3.8) is 0 Å². The lowest BCUT2D eigenvalue weighted by Gasteiger charge is -2.27. The number of aryl methyl sites for hydroxylation is 1. The fourth-order valence-corrected chi connectivity index (χ4v) is 3.89. The zero-order chi connectivity index (χ0) is 13.3. The molecular formula is C14H25N3S.